The van der Waals surface area contributed by atoms with Crippen LogP contribution >= 0.6 is 0 Å². The zero-order valence-electron chi connectivity index (χ0n) is 12.0. The number of rotatable bonds is 2. The van der Waals surface area contributed by atoms with Crippen LogP contribution in [0.5, 0.6) is 0 Å². The van der Waals surface area contributed by atoms with Crippen molar-refractivity contribution >= 4 is 11.6 Å². The topological polar surface area (TPSA) is 64.3 Å². The Hall–Kier alpha value is -2.14. The highest BCUT2D eigenvalue weighted by atomic mass is 16.5. The zero-order valence-corrected chi connectivity index (χ0v) is 12.0. The fraction of sp³-hybridized carbons (Fsp3) is 0.375. The van der Waals surface area contributed by atoms with E-state index in [2.05, 4.69) is 40.0 Å². The van der Waals surface area contributed by atoms with Crippen LogP contribution in [0.1, 0.15) is 12.0 Å². The third kappa shape index (κ3) is 2.14. The van der Waals surface area contributed by atoms with Crippen molar-refractivity contribution in [1.82, 2.24) is 9.97 Å². The summed E-state index contributed by atoms with van der Waals surface area (Å²) in [4.78, 5) is 10.7. The van der Waals surface area contributed by atoms with Crippen LogP contribution in [0, 0.1) is 6.92 Å². The first kappa shape index (κ1) is 12.6. The number of morpholine rings is 1. The van der Waals surface area contributed by atoms with Crippen LogP contribution in [0.3, 0.4) is 0 Å². The third-order valence-electron chi connectivity index (χ3n) is 4.38. The average Bonchev–Trinajstić information content (AvgIpc) is 3.10. The number of hydrogen-bond acceptors (Lipinski definition) is 5. The van der Waals surface area contributed by atoms with Gasteiger partial charge in [0.1, 0.15) is 0 Å². The number of hydrogen-bond donors (Lipinski definition) is 1. The van der Waals surface area contributed by atoms with Crippen molar-refractivity contribution in [3.8, 4) is 11.3 Å². The summed E-state index contributed by atoms with van der Waals surface area (Å²) in [7, 11) is 0. The van der Waals surface area contributed by atoms with E-state index < -0.39 is 0 Å². The van der Waals surface area contributed by atoms with Crippen LogP contribution in [0.15, 0.2) is 30.5 Å². The maximum Gasteiger partial charge on any atom is 0.220 e. The molecule has 0 spiro atoms. The highest BCUT2D eigenvalue weighted by Crippen LogP contribution is 2.35. The molecule has 2 atom stereocenters. The molecule has 2 aliphatic heterocycles. The number of nitrogens with two attached hydrogens (primary N) is 1. The van der Waals surface area contributed by atoms with Crippen molar-refractivity contribution < 1.29 is 4.74 Å². The fourth-order valence-electron chi connectivity index (χ4n) is 3.37. The summed E-state index contributed by atoms with van der Waals surface area (Å²) in [5.41, 5.74) is 10.2. The molecule has 5 nitrogen and oxygen atoms in total. The molecular weight excluding hydrogens is 264 g/mol. The molecule has 1 aromatic heterocycles. The minimum atomic E-state index is 0.309. The number of aromatic nitrogens is 2. The smallest absolute Gasteiger partial charge is 0.220 e. The lowest BCUT2D eigenvalue weighted by atomic mass is 10.1. The summed E-state index contributed by atoms with van der Waals surface area (Å²) in [6, 6.07) is 8.88. The Morgan fingerprint density at radius 3 is 2.90 bits per heavy atom. The Morgan fingerprint density at radius 1 is 1.33 bits per heavy atom. The molecule has 2 aromatic rings. The van der Waals surface area contributed by atoms with Crippen molar-refractivity contribution in [2.75, 3.05) is 23.8 Å². The maximum absolute atomic E-state index is 5.68. The van der Waals surface area contributed by atoms with Gasteiger partial charge in [0.2, 0.25) is 5.95 Å². The lowest BCUT2D eigenvalue weighted by molar-refractivity contribution is 0.0991. The normalized spacial score (nSPS) is 23.8. The Bertz CT molecular complexity index is 688. The van der Waals surface area contributed by atoms with E-state index in [-0.39, 0.29) is 0 Å². The molecule has 1 aromatic carbocycles. The number of nitrogens with zero attached hydrogens (tertiary/aromatic N) is 3. The summed E-state index contributed by atoms with van der Waals surface area (Å²) in [5, 5.41) is 0. The van der Waals surface area contributed by atoms with Gasteiger partial charge in [-0.2, -0.15) is 0 Å². The molecule has 4 rings (SSSR count). The average molecular weight is 282 g/mol. The van der Waals surface area contributed by atoms with Crippen LogP contribution in [0.25, 0.3) is 11.3 Å². The highest BCUT2D eigenvalue weighted by Gasteiger charge is 2.39. The molecule has 5 heteroatoms. The third-order valence-corrected chi connectivity index (χ3v) is 4.38. The second kappa shape index (κ2) is 4.70. The molecule has 2 bridgehead atoms. The first-order chi connectivity index (χ1) is 10.2. The van der Waals surface area contributed by atoms with Crippen molar-refractivity contribution in [2.45, 2.75) is 25.5 Å². The van der Waals surface area contributed by atoms with E-state index in [1.165, 1.54) is 11.3 Å². The van der Waals surface area contributed by atoms with Crippen LogP contribution in [0.2, 0.25) is 0 Å². The molecule has 21 heavy (non-hydrogen) atoms. The predicted molar refractivity (Wildman–Crippen MR) is 82.1 cm³/mol. The number of nitrogen functional groups attached to an aromatic ring is 1. The lowest BCUT2D eigenvalue weighted by Crippen LogP contribution is -2.37. The number of fused-ring (bicyclic) bond motifs is 2. The molecule has 0 aliphatic carbocycles. The summed E-state index contributed by atoms with van der Waals surface area (Å²) >= 11 is 0. The predicted octanol–water partition coefficient (Wildman–Crippen LogP) is 2.01. The van der Waals surface area contributed by atoms with Gasteiger partial charge in [0.25, 0.3) is 0 Å². The van der Waals surface area contributed by atoms with Crippen LogP contribution in [0.4, 0.5) is 11.6 Å². The van der Waals surface area contributed by atoms with Crippen molar-refractivity contribution in [3.63, 3.8) is 0 Å². The van der Waals surface area contributed by atoms with Gasteiger partial charge in [-0.05, 0) is 37.1 Å². The summed E-state index contributed by atoms with van der Waals surface area (Å²) in [6.45, 7) is 4.01. The van der Waals surface area contributed by atoms with Crippen molar-refractivity contribution in [3.05, 3.63) is 36.0 Å². The molecule has 2 fully saturated rings. The zero-order chi connectivity index (χ0) is 14.4. The molecule has 0 saturated carbocycles. The molecule has 3 heterocycles. The number of anilines is 2. The molecular formula is C16H18N4O. The lowest BCUT2D eigenvalue weighted by Gasteiger charge is -2.30. The van der Waals surface area contributed by atoms with E-state index in [4.69, 9.17) is 10.5 Å². The van der Waals surface area contributed by atoms with Crippen LogP contribution in [-0.2, 0) is 4.74 Å². The molecule has 0 amide bonds. The van der Waals surface area contributed by atoms with E-state index in [0.717, 1.165) is 30.8 Å². The highest BCUT2D eigenvalue weighted by molar-refractivity contribution is 5.67. The van der Waals surface area contributed by atoms with Gasteiger partial charge in [-0.25, -0.2) is 9.97 Å². The molecule has 0 radical (unpaired) electrons. The van der Waals surface area contributed by atoms with Crippen molar-refractivity contribution in [2.24, 2.45) is 0 Å². The largest absolute Gasteiger partial charge is 0.374 e. The van der Waals surface area contributed by atoms with Gasteiger partial charge in [0, 0.05) is 24.0 Å². The SMILES string of the molecule is Cc1cc(-c2ccnc(N)n2)ccc1N1CC2CC1CO2. The van der Waals surface area contributed by atoms with Gasteiger partial charge < -0.3 is 15.4 Å². The number of aryl methyl sites for hydroxylation is 1. The minimum absolute atomic E-state index is 0.309. The Morgan fingerprint density at radius 2 is 2.24 bits per heavy atom. The molecule has 2 N–H and O–H groups in total. The standard InChI is InChI=1S/C16H18N4O/c1-10-6-11(14-4-5-18-16(17)19-14)2-3-15(10)20-8-13-7-12(20)9-21-13/h2-6,12-13H,7-9H2,1H3,(H2,17,18,19). The van der Waals surface area contributed by atoms with Gasteiger partial charge >= 0.3 is 0 Å². The fourth-order valence-corrected chi connectivity index (χ4v) is 3.37. The number of ether oxygens (including phenoxy) is 1. The summed E-state index contributed by atoms with van der Waals surface area (Å²) in [5.74, 6) is 0.309. The van der Waals surface area contributed by atoms with E-state index in [1.54, 1.807) is 6.20 Å². The van der Waals surface area contributed by atoms with Gasteiger partial charge in [-0.15, -0.1) is 0 Å². The molecule has 2 saturated heterocycles. The molecule has 108 valence electrons. The minimum Gasteiger partial charge on any atom is -0.374 e. The number of benzene rings is 1. The van der Waals surface area contributed by atoms with Gasteiger partial charge in [-0.3, -0.25) is 0 Å². The Kier molecular flexibility index (Phi) is 2.82. The maximum atomic E-state index is 5.68. The van der Waals surface area contributed by atoms with E-state index in [1.807, 2.05) is 6.07 Å². The van der Waals surface area contributed by atoms with Gasteiger partial charge in [0.05, 0.1) is 24.4 Å². The van der Waals surface area contributed by atoms with Gasteiger partial charge in [0.15, 0.2) is 0 Å². The Balaban J connectivity index is 1.67. The molecule has 2 aliphatic rings. The molecule has 2 unspecified atom stereocenters. The quantitative estimate of drug-likeness (QED) is 0.913. The first-order valence-corrected chi connectivity index (χ1v) is 7.28. The van der Waals surface area contributed by atoms with E-state index in [9.17, 15) is 0 Å². The summed E-state index contributed by atoms with van der Waals surface area (Å²) < 4.78 is 5.68. The van der Waals surface area contributed by atoms with E-state index in [0.29, 0.717) is 18.1 Å². The summed E-state index contributed by atoms with van der Waals surface area (Å²) in [6.07, 6.45) is 3.26. The van der Waals surface area contributed by atoms with Crippen LogP contribution in [-0.4, -0.2) is 35.3 Å². The van der Waals surface area contributed by atoms with E-state index >= 15 is 0 Å². The first-order valence-electron chi connectivity index (χ1n) is 7.28. The second-order valence-corrected chi connectivity index (χ2v) is 5.80. The van der Waals surface area contributed by atoms with Crippen LogP contribution < -0.4 is 10.6 Å². The van der Waals surface area contributed by atoms with Crippen molar-refractivity contribution in [1.29, 1.82) is 0 Å². The second-order valence-electron chi connectivity index (χ2n) is 5.80. The van der Waals surface area contributed by atoms with Gasteiger partial charge in [-0.1, -0.05) is 6.07 Å². The Labute approximate surface area is 123 Å². The monoisotopic (exact) mass is 282 g/mol.